The predicted octanol–water partition coefficient (Wildman–Crippen LogP) is 1.44. The molecule has 1 aromatic carbocycles. The van der Waals surface area contributed by atoms with E-state index >= 15 is 0 Å². The molecule has 0 saturated carbocycles. The van der Waals surface area contributed by atoms with Gasteiger partial charge in [-0.2, -0.15) is 0 Å². The first-order valence-electron chi connectivity index (χ1n) is 6.32. The van der Waals surface area contributed by atoms with Crippen molar-refractivity contribution in [1.29, 1.82) is 0 Å². The van der Waals surface area contributed by atoms with Crippen LogP contribution in [0.15, 0.2) is 12.1 Å². The van der Waals surface area contributed by atoms with Crippen molar-refractivity contribution in [2.75, 3.05) is 13.2 Å². The van der Waals surface area contributed by atoms with E-state index < -0.39 is 40.6 Å². The van der Waals surface area contributed by atoms with Gasteiger partial charge in [-0.15, -0.1) is 0 Å². The van der Waals surface area contributed by atoms with E-state index in [0.717, 1.165) is 12.1 Å². The number of carbonyl (C=O) groups is 4. The fraction of sp³-hybridized carbons (Fsp3) is 0.286. The summed E-state index contributed by atoms with van der Waals surface area (Å²) >= 11 is 0. The molecule has 0 heterocycles. The molecule has 8 heteroatoms. The number of benzene rings is 1. The molecule has 0 atom stereocenters. The molecule has 0 radical (unpaired) electrons. The SMILES string of the molecule is CCOC(=O)c1cc(C(=O)O)c(C(=O)O)c(C(=O)OCC)c1. The lowest BCUT2D eigenvalue weighted by molar-refractivity contribution is 0.0512. The minimum absolute atomic E-state index is 0.0378. The molecule has 22 heavy (non-hydrogen) atoms. The summed E-state index contributed by atoms with van der Waals surface area (Å²) in [7, 11) is 0. The van der Waals surface area contributed by atoms with Crippen molar-refractivity contribution >= 4 is 23.9 Å². The smallest absolute Gasteiger partial charge is 0.339 e. The lowest BCUT2D eigenvalue weighted by Gasteiger charge is -2.11. The molecule has 0 bridgehead atoms. The summed E-state index contributed by atoms with van der Waals surface area (Å²) in [6, 6.07) is 1.80. The number of hydrogen-bond donors (Lipinski definition) is 2. The first-order chi connectivity index (χ1) is 10.3. The Balaban J connectivity index is 3.61. The van der Waals surface area contributed by atoms with Crippen molar-refractivity contribution in [2.45, 2.75) is 13.8 Å². The van der Waals surface area contributed by atoms with Crippen LogP contribution in [0.3, 0.4) is 0 Å². The van der Waals surface area contributed by atoms with Crippen LogP contribution in [0.2, 0.25) is 0 Å². The van der Waals surface area contributed by atoms with Gasteiger partial charge in [-0.1, -0.05) is 0 Å². The number of aromatic carboxylic acids is 2. The van der Waals surface area contributed by atoms with E-state index in [0.29, 0.717) is 0 Å². The molecule has 0 aliphatic heterocycles. The van der Waals surface area contributed by atoms with Gasteiger partial charge < -0.3 is 19.7 Å². The van der Waals surface area contributed by atoms with Crippen LogP contribution in [0, 0.1) is 0 Å². The minimum Gasteiger partial charge on any atom is -0.478 e. The number of esters is 2. The van der Waals surface area contributed by atoms with Crippen molar-refractivity contribution in [3.05, 3.63) is 34.4 Å². The zero-order valence-corrected chi connectivity index (χ0v) is 11.9. The van der Waals surface area contributed by atoms with Gasteiger partial charge >= 0.3 is 23.9 Å². The molecular formula is C14H14O8. The molecule has 0 spiro atoms. The third-order valence-corrected chi connectivity index (χ3v) is 2.59. The van der Waals surface area contributed by atoms with E-state index in [1.165, 1.54) is 6.92 Å². The molecule has 0 aliphatic carbocycles. The second-order valence-corrected chi connectivity index (χ2v) is 4.00. The quantitative estimate of drug-likeness (QED) is 0.755. The molecule has 0 aliphatic rings. The Morgan fingerprint density at radius 2 is 1.36 bits per heavy atom. The zero-order chi connectivity index (χ0) is 16.9. The normalized spacial score (nSPS) is 9.91. The van der Waals surface area contributed by atoms with Crippen LogP contribution in [-0.4, -0.2) is 47.3 Å². The molecule has 1 rings (SSSR count). The number of hydrogen-bond acceptors (Lipinski definition) is 6. The summed E-state index contributed by atoms with van der Waals surface area (Å²) in [4.78, 5) is 46.1. The Morgan fingerprint density at radius 1 is 0.864 bits per heavy atom. The molecule has 1 aromatic rings. The summed E-state index contributed by atoms with van der Waals surface area (Å²) < 4.78 is 9.43. The van der Waals surface area contributed by atoms with Crippen molar-refractivity contribution in [2.24, 2.45) is 0 Å². The molecule has 118 valence electrons. The predicted molar refractivity (Wildman–Crippen MR) is 72.3 cm³/mol. The second kappa shape index (κ2) is 7.21. The van der Waals surface area contributed by atoms with E-state index in [4.69, 9.17) is 19.7 Å². The first-order valence-corrected chi connectivity index (χ1v) is 6.32. The van der Waals surface area contributed by atoms with Crippen LogP contribution in [0.5, 0.6) is 0 Å². The van der Waals surface area contributed by atoms with Gasteiger partial charge in [-0.3, -0.25) is 0 Å². The Hall–Kier alpha value is -2.90. The highest BCUT2D eigenvalue weighted by atomic mass is 16.5. The highest BCUT2D eigenvalue weighted by molar-refractivity contribution is 6.11. The van der Waals surface area contributed by atoms with Crippen molar-refractivity contribution in [3.63, 3.8) is 0 Å². The molecule has 0 unspecified atom stereocenters. The fourth-order valence-corrected chi connectivity index (χ4v) is 1.74. The van der Waals surface area contributed by atoms with Gasteiger partial charge in [0, 0.05) is 0 Å². The zero-order valence-electron chi connectivity index (χ0n) is 11.9. The van der Waals surface area contributed by atoms with Crippen LogP contribution in [0.25, 0.3) is 0 Å². The standard InChI is InChI=1S/C14H14O8/c1-3-21-13(19)7-5-8(11(15)16)10(12(17)18)9(6-7)14(20)22-4-2/h5-6H,3-4H2,1-2H3,(H,15,16)(H,17,18). The number of ether oxygens (including phenoxy) is 2. The van der Waals surface area contributed by atoms with Gasteiger partial charge in [0.05, 0.1) is 35.5 Å². The van der Waals surface area contributed by atoms with Gasteiger partial charge in [0.15, 0.2) is 0 Å². The highest BCUT2D eigenvalue weighted by Crippen LogP contribution is 2.20. The Kier molecular flexibility index (Phi) is 5.62. The topological polar surface area (TPSA) is 127 Å². The van der Waals surface area contributed by atoms with Gasteiger partial charge in [-0.05, 0) is 26.0 Å². The Morgan fingerprint density at radius 3 is 1.82 bits per heavy atom. The monoisotopic (exact) mass is 310 g/mol. The summed E-state index contributed by atoms with van der Waals surface area (Å²) in [5.41, 5.74) is -2.19. The van der Waals surface area contributed by atoms with E-state index in [-0.39, 0.29) is 18.8 Å². The first kappa shape index (κ1) is 17.2. The van der Waals surface area contributed by atoms with E-state index in [9.17, 15) is 19.2 Å². The van der Waals surface area contributed by atoms with Crippen molar-refractivity contribution < 1.29 is 38.9 Å². The van der Waals surface area contributed by atoms with Crippen LogP contribution in [0.1, 0.15) is 55.3 Å². The minimum atomic E-state index is -1.61. The maximum Gasteiger partial charge on any atom is 0.339 e. The van der Waals surface area contributed by atoms with E-state index in [1.807, 2.05) is 0 Å². The van der Waals surface area contributed by atoms with Crippen LogP contribution in [-0.2, 0) is 9.47 Å². The largest absolute Gasteiger partial charge is 0.478 e. The number of carboxylic acid groups (broad SMARTS) is 2. The Bertz CT molecular complexity index is 632. The van der Waals surface area contributed by atoms with Crippen LogP contribution < -0.4 is 0 Å². The van der Waals surface area contributed by atoms with Gasteiger partial charge in [0.2, 0.25) is 0 Å². The fourth-order valence-electron chi connectivity index (χ4n) is 1.74. The van der Waals surface area contributed by atoms with Crippen LogP contribution in [0.4, 0.5) is 0 Å². The number of carbonyl (C=O) groups excluding carboxylic acids is 2. The lowest BCUT2D eigenvalue weighted by Crippen LogP contribution is -2.19. The maximum atomic E-state index is 11.8. The van der Waals surface area contributed by atoms with E-state index in [2.05, 4.69) is 0 Å². The van der Waals surface area contributed by atoms with Gasteiger partial charge in [-0.25, -0.2) is 19.2 Å². The maximum absolute atomic E-state index is 11.8. The molecular weight excluding hydrogens is 296 g/mol. The van der Waals surface area contributed by atoms with E-state index in [1.54, 1.807) is 6.92 Å². The number of rotatable bonds is 6. The molecule has 0 saturated heterocycles. The van der Waals surface area contributed by atoms with Crippen molar-refractivity contribution in [1.82, 2.24) is 0 Å². The Labute approximate surface area is 125 Å². The molecule has 0 amide bonds. The summed E-state index contributed by atoms with van der Waals surface area (Å²) in [6.45, 7) is 3.06. The van der Waals surface area contributed by atoms with Crippen LogP contribution >= 0.6 is 0 Å². The number of carboxylic acids is 2. The summed E-state index contributed by atoms with van der Waals surface area (Å²) in [6.07, 6.45) is 0. The molecule has 8 nitrogen and oxygen atoms in total. The third-order valence-electron chi connectivity index (χ3n) is 2.59. The average Bonchev–Trinajstić information content (AvgIpc) is 2.46. The van der Waals surface area contributed by atoms with Gasteiger partial charge in [0.1, 0.15) is 0 Å². The second-order valence-electron chi connectivity index (χ2n) is 4.00. The molecule has 0 aromatic heterocycles. The van der Waals surface area contributed by atoms with Crippen molar-refractivity contribution in [3.8, 4) is 0 Å². The summed E-state index contributed by atoms with van der Waals surface area (Å²) in [5.74, 6) is -5.11. The highest BCUT2D eigenvalue weighted by Gasteiger charge is 2.27. The molecule has 0 fully saturated rings. The lowest BCUT2D eigenvalue weighted by atomic mass is 9.97. The third kappa shape index (κ3) is 3.60. The summed E-state index contributed by atoms with van der Waals surface area (Å²) in [5, 5.41) is 18.3. The van der Waals surface area contributed by atoms with Gasteiger partial charge in [0.25, 0.3) is 0 Å². The average molecular weight is 310 g/mol. The molecule has 2 N–H and O–H groups in total.